The second-order valence-electron chi connectivity index (χ2n) is 8.97. The van der Waals surface area contributed by atoms with E-state index < -0.39 is 0 Å². The Bertz CT molecular complexity index is 1850. The Morgan fingerprint density at radius 3 is 1.23 bits per heavy atom. The SMILES string of the molecule is Oc1ccc(Cl)cc1N=Nc1c(O)ccc2ccccc12.Oc1ccc(Cl)cc1N=Nc1c(O)ccc2ccccc12.[Cr].[H+]. The van der Waals surface area contributed by atoms with Gasteiger partial charge < -0.3 is 20.4 Å². The van der Waals surface area contributed by atoms with Crippen molar-refractivity contribution < 1.29 is 39.2 Å². The van der Waals surface area contributed by atoms with Gasteiger partial charge in [-0.3, -0.25) is 0 Å². The van der Waals surface area contributed by atoms with Crippen molar-refractivity contribution in [2.24, 2.45) is 20.5 Å². The molecule has 6 aromatic carbocycles. The minimum absolute atomic E-state index is 0. The fourth-order valence-corrected chi connectivity index (χ4v) is 4.39. The maximum absolute atomic E-state index is 9.97. The molecule has 0 unspecified atom stereocenters. The number of azo groups is 2. The Morgan fingerprint density at radius 2 is 0.814 bits per heavy atom. The molecule has 0 fully saturated rings. The van der Waals surface area contributed by atoms with E-state index in [0.29, 0.717) is 21.4 Å². The van der Waals surface area contributed by atoms with Crippen molar-refractivity contribution in [1.29, 1.82) is 0 Å². The maximum atomic E-state index is 9.97. The van der Waals surface area contributed by atoms with E-state index >= 15 is 0 Å². The molecule has 0 bridgehead atoms. The number of fused-ring (bicyclic) bond motifs is 2. The summed E-state index contributed by atoms with van der Waals surface area (Å²) in [4.78, 5) is 0. The van der Waals surface area contributed by atoms with Crippen molar-refractivity contribution in [3.05, 3.63) is 119 Å². The van der Waals surface area contributed by atoms with Gasteiger partial charge in [-0.05, 0) is 59.3 Å². The third-order valence-corrected chi connectivity index (χ3v) is 6.62. The van der Waals surface area contributed by atoms with E-state index in [1.807, 2.05) is 48.5 Å². The zero-order chi connectivity index (χ0) is 29.6. The summed E-state index contributed by atoms with van der Waals surface area (Å²) in [5, 5.41) is 59.8. The van der Waals surface area contributed by atoms with E-state index in [2.05, 4.69) is 20.5 Å². The van der Waals surface area contributed by atoms with Gasteiger partial charge in [0.2, 0.25) is 0 Å². The first-order chi connectivity index (χ1) is 20.3. The first kappa shape index (κ1) is 31.3. The topological polar surface area (TPSA) is 130 Å². The molecule has 11 heteroatoms. The van der Waals surface area contributed by atoms with Crippen LogP contribution in [0.1, 0.15) is 1.43 Å². The van der Waals surface area contributed by atoms with Crippen molar-refractivity contribution >= 4 is 67.5 Å². The van der Waals surface area contributed by atoms with Crippen molar-refractivity contribution in [3.63, 3.8) is 0 Å². The van der Waals surface area contributed by atoms with Crippen LogP contribution in [0.3, 0.4) is 0 Å². The zero-order valence-electron chi connectivity index (χ0n) is 23.1. The molecule has 0 saturated heterocycles. The molecular formula is C32H23Cl2CrN4O4+. The summed E-state index contributed by atoms with van der Waals surface area (Å²) in [6, 6.07) is 30.8. The van der Waals surface area contributed by atoms with Crippen molar-refractivity contribution in [1.82, 2.24) is 0 Å². The van der Waals surface area contributed by atoms with E-state index in [9.17, 15) is 20.4 Å². The summed E-state index contributed by atoms with van der Waals surface area (Å²) in [7, 11) is 0. The predicted octanol–water partition coefficient (Wildman–Crippen LogP) is 10.7. The molecule has 4 N–H and O–H groups in total. The number of phenolic OH excluding ortho intramolecular Hbond substituents is 4. The standard InChI is InChI=1S/2C16H11ClN2O2.Cr/c2*17-11-6-8-14(20)13(9-11)18-19-16-12-4-2-1-3-10(12)5-7-15(16)21;/h2*1-9,20-21H;/p+1. The summed E-state index contributed by atoms with van der Waals surface area (Å²) in [5.41, 5.74) is 1.20. The Kier molecular flexibility index (Phi) is 10.2. The largest absolute Gasteiger partial charge is 1.00 e. The molecule has 0 spiro atoms. The van der Waals surface area contributed by atoms with Gasteiger partial charge in [0.05, 0.1) is 0 Å². The van der Waals surface area contributed by atoms with Crippen molar-refractivity contribution in [2.75, 3.05) is 0 Å². The van der Waals surface area contributed by atoms with E-state index in [1.54, 1.807) is 36.4 Å². The molecule has 0 aliphatic heterocycles. The quantitative estimate of drug-likeness (QED) is 0.141. The van der Waals surface area contributed by atoms with Gasteiger partial charge in [-0.2, -0.15) is 0 Å². The Balaban J connectivity index is 0.000000230. The first-order valence-electron chi connectivity index (χ1n) is 12.5. The van der Waals surface area contributed by atoms with Gasteiger partial charge in [-0.25, -0.2) is 0 Å². The van der Waals surface area contributed by atoms with E-state index in [1.165, 1.54) is 24.3 Å². The fraction of sp³-hybridized carbons (Fsp3) is 0. The monoisotopic (exact) mass is 649 g/mol. The zero-order valence-corrected chi connectivity index (χ0v) is 24.9. The van der Waals surface area contributed by atoms with Crippen LogP contribution < -0.4 is 0 Å². The normalized spacial score (nSPS) is 11.0. The molecule has 0 atom stereocenters. The van der Waals surface area contributed by atoms with E-state index in [4.69, 9.17) is 23.2 Å². The Hall–Kier alpha value is -4.65. The summed E-state index contributed by atoms with van der Waals surface area (Å²) in [5.74, 6) is 0.00342. The summed E-state index contributed by atoms with van der Waals surface area (Å²) in [6.07, 6.45) is 0. The molecule has 8 nitrogen and oxygen atoms in total. The van der Waals surface area contributed by atoms with E-state index in [0.717, 1.165) is 21.5 Å². The molecule has 0 heterocycles. The third-order valence-electron chi connectivity index (χ3n) is 6.15. The second kappa shape index (κ2) is 14.0. The van der Waals surface area contributed by atoms with Crippen LogP contribution in [-0.4, -0.2) is 20.4 Å². The molecule has 0 radical (unpaired) electrons. The number of halogens is 2. The average Bonchev–Trinajstić information content (AvgIpc) is 2.99. The number of hydrogen-bond donors (Lipinski definition) is 4. The molecule has 0 aliphatic rings. The summed E-state index contributed by atoms with van der Waals surface area (Å²) < 4.78 is 0. The Morgan fingerprint density at radius 1 is 0.442 bits per heavy atom. The maximum Gasteiger partial charge on any atom is 1.00 e. The van der Waals surface area contributed by atoms with Gasteiger partial charge in [0, 0.05) is 38.2 Å². The van der Waals surface area contributed by atoms with E-state index in [-0.39, 0.29) is 53.2 Å². The molecule has 6 rings (SSSR count). The number of aromatic hydroxyl groups is 4. The van der Waals surface area contributed by atoms with Crippen molar-refractivity contribution in [2.45, 2.75) is 0 Å². The predicted molar refractivity (Wildman–Crippen MR) is 167 cm³/mol. The van der Waals surface area contributed by atoms with Gasteiger partial charge in [0.15, 0.2) is 0 Å². The summed E-state index contributed by atoms with van der Waals surface area (Å²) >= 11 is 11.7. The number of rotatable bonds is 4. The van der Waals surface area contributed by atoms with Crippen LogP contribution in [0.5, 0.6) is 23.0 Å². The fourth-order valence-electron chi connectivity index (χ4n) is 4.06. The molecular weight excluding hydrogens is 627 g/mol. The molecule has 214 valence electrons. The summed E-state index contributed by atoms with van der Waals surface area (Å²) in [6.45, 7) is 0. The van der Waals surface area contributed by atoms with Crippen molar-refractivity contribution in [3.8, 4) is 23.0 Å². The van der Waals surface area contributed by atoms with Gasteiger partial charge in [0.25, 0.3) is 0 Å². The number of phenols is 4. The number of hydrogen-bond acceptors (Lipinski definition) is 8. The number of nitrogens with zero attached hydrogens (tertiary/aromatic N) is 4. The van der Waals surface area contributed by atoms with Crippen LogP contribution in [0.25, 0.3) is 21.5 Å². The molecule has 43 heavy (non-hydrogen) atoms. The second-order valence-corrected chi connectivity index (χ2v) is 9.85. The minimum atomic E-state index is -0.0251. The van der Waals surface area contributed by atoms with Crippen LogP contribution in [0.15, 0.2) is 130 Å². The van der Waals surface area contributed by atoms with Crippen LogP contribution >= 0.6 is 23.2 Å². The number of benzene rings is 6. The molecule has 0 aliphatic carbocycles. The van der Waals surface area contributed by atoms with Gasteiger partial charge in [0.1, 0.15) is 45.7 Å². The van der Waals surface area contributed by atoms with Gasteiger partial charge in [-0.1, -0.05) is 83.9 Å². The molecule has 0 aromatic heterocycles. The van der Waals surface area contributed by atoms with Crippen LogP contribution in [0.4, 0.5) is 22.7 Å². The van der Waals surface area contributed by atoms with Crippen LogP contribution in [0, 0.1) is 0 Å². The van der Waals surface area contributed by atoms with Crippen LogP contribution in [-0.2, 0) is 17.4 Å². The van der Waals surface area contributed by atoms with Gasteiger partial charge in [-0.15, -0.1) is 20.5 Å². The Labute approximate surface area is 268 Å². The van der Waals surface area contributed by atoms with Crippen LogP contribution in [0.2, 0.25) is 10.0 Å². The molecule has 6 aromatic rings. The minimum Gasteiger partial charge on any atom is -0.506 e. The van der Waals surface area contributed by atoms with Gasteiger partial charge >= 0.3 is 1.43 Å². The average molecular weight is 650 g/mol. The first-order valence-corrected chi connectivity index (χ1v) is 13.3. The molecule has 0 saturated carbocycles. The molecule has 0 amide bonds. The third kappa shape index (κ3) is 7.41. The smallest absolute Gasteiger partial charge is 0.506 e.